The molecule has 2 atom stereocenters. The van der Waals surface area contributed by atoms with Gasteiger partial charge in [0.05, 0.1) is 0 Å². The third-order valence-electron chi connectivity index (χ3n) is 3.90. The molecule has 1 N–H and O–H groups in total. The van der Waals surface area contributed by atoms with E-state index in [1.54, 1.807) is 0 Å². The van der Waals surface area contributed by atoms with E-state index >= 15 is 0 Å². The van der Waals surface area contributed by atoms with Gasteiger partial charge in [-0.3, -0.25) is 0 Å². The van der Waals surface area contributed by atoms with E-state index in [1.165, 1.54) is 18.4 Å². The van der Waals surface area contributed by atoms with Gasteiger partial charge in [-0.25, -0.2) is 0 Å². The van der Waals surface area contributed by atoms with Crippen LogP contribution in [0.4, 0.5) is 0 Å². The lowest BCUT2D eigenvalue weighted by Gasteiger charge is -2.25. The van der Waals surface area contributed by atoms with Gasteiger partial charge in [-0.2, -0.15) is 0 Å². The van der Waals surface area contributed by atoms with E-state index in [2.05, 4.69) is 25.2 Å². The highest BCUT2D eigenvalue weighted by Crippen LogP contribution is 2.34. The molecule has 3 heteroatoms. The lowest BCUT2D eigenvalue weighted by Crippen LogP contribution is -2.27. The van der Waals surface area contributed by atoms with E-state index in [0.29, 0.717) is 16.9 Å². The first-order valence-electron chi connectivity index (χ1n) is 6.80. The summed E-state index contributed by atoms with van der Waals surface area (Å²) in [6, 6.07) is 6.61. The molecule has 0 saturated heterocycles. The maximum atomic E-state index is 6.34. The summed E-state index contributed by atoms with van der Waals surface area (Å²) in [7, 11) is 0. The summed E-state index contributed by atoms with van der Waals surface area (Å²) in [5.74, 6) is 1.09. The van der Waals surface area contributed by atoms with Crippen LogP contribution in [0, 0.1) is 5.92 Å². The number of halogens is 2. The van der Waals surface area contributed by atoms with Gasteiger partial charge in [0.1, 0.15) is 0 Å². The van der Waals surface area contributed by atoms with Gasteiger partial charge >= 0.3 is 0 Å². The smallest absolute Gasteiger partial charge is 0.0456 e. The topological polar surface area (TPSA) is 12.0 Å². The molecule has 0 aromatic heterocycles. The van der Waals surface area contributed by atoms with Gasteiger partial charge in [-0.05, 0) is 36.5 Å². The van der Waals surface area contributed by atoms with Gasteiger partial charge in [0, 0.05) is 28.5 Å². The van der Waals surface area contributed by atoms with Crippen LogP contribution >= 0.6 is 23.2 Å². The first-order chi connectivity index (χ1) is 8.61. The van der Waals surface area contributed by atoms with Crippen molar-refractivity contribution >= 4 is 23.2 Å². The summed E-state index contributed by atoms with van der Waals surface area (Å²) in [5, 5.41) is 5.13. The van der Waals surface area contributed by atoms with E-state index < -0.39 is 0 Å². The van der Waals surface area contributed by atoms with E-state index in [-0.39, 0.29) is 0 Å². The molecule has 1 aromatic carbocycles. The third-order valence-corrected chi connectivity index (χ3v) is 4.46. The van der Waals surface area contributed by atoms with Crippen molar-refractivity contribution in [3.05, 3.63) is 33.8 Å². The van der Waals surface area contributed by atoms with E-state index in [0.717, 1.165) is 24.0 Å². The average Bonchev–Trinajstić information content (AvgIpc) is 3.15. The molecule has 2 unspecified atom stereocenters. The molecule has 1 aromatic rings. The van der Waals surface area contributed by atoms with Gasteiger partial charge in [0.15, 0.2) is 0 Å². The molecule has 2 rings (SSSR count). The van der Waals surface area contributed by atoms with Gasteiger partial charge in [0.2, 0.25) is 0 Å². The third kappa shape index (κ3) is 3.63. The Morgan fingerprint density at radius 3 is 2.61 bits per heavy atom. The zero-order valence-corrected chi connectivity index (χ0v) is 12.6. The number of hydrogen-bond donors (Lipinski definition) is 1. The quantitative estimate of drug-likeness (QED) is 0.786. The summed E-state index contributed by atoms with van der Waals surface area (Å²) >= 11 is 12.3. The van der Waals surface area contributed by atoms with Gasteiger partial charge in [-0.1, -0.05) is 49.5 Å². The lowest BCUT2D eigenvalue weighted by atomic mass is 9.85. The average molecular weight is 286 g/mol. The van der Waals surface area contributed by atoms with Crippen LogP contribution in [0.25, 0.3) is 0 Å². The Kier molecular flexibility index (Phi) is 4.94. The van der Waals surface area contributed by atoms with Crippen molar-refractivity contribution < 1.29 is 0 Å². The molecule has 1 aliphatic rings. The molecule has 1 aliphatic carbocycles. The Labute approximate surface area is 120 Å². The Balaban J connectivity index is 2.14. The van der Waals surface area contributed by atoms with Crippen molar-refractivity contribution in [3.63, 3.8) is 0 Å². The second-order valence-corrected chi connectivity index (χ2v) is 6.18. The van der Waals surface area contributed by atoms with E-state index in [1.807, 2.05) is 12.1 Å². The number of nitrogens with one attached hydrogen (secondary N) is 1. The minimum absolute atomic E-state index is 0.473. The summed E-state index contributed by atoms with van der Waals surface area (Å²) in [5.41, 5.74) is 1.23. The van der Waals surface area contributed by atoms with Crippen LogP contribution in [-0.2, 0) is 0 Å². The molecular weight excluding hydrogens is 265 g/mol. The van der Waals surface area contributed by atoms with Gasteiger partial charge in [-0.15, -0.1) is 0 Å². The standard InChI is InChI=1S/C15H21Cl2N/c1-3-10(2)14(9-18-12-5-6-12)13-7-4-11(16)8-15(13)17/h4,7-8,10,12,14,18H,3,5-6,9H2,1-2H3. The van der Waals surface area contributed by atoms with Gasteiger partial charge < -0.3 is 5.32 Å². The summed E-state index contributed by atoms with van der Waals surface area (Å²) in [6.45, 7) is 5.55. The number of benzene rings is 1. The maximum absolute atomic E-state index is 6.34. The minimum atomic E-state index is 0.473. The summed E-state index contributed by atoms with van der Waals surface area (Å²) < 4.78 is 0. The van der Waals surface area contributed by atoms with Crippen LogP contribution < -0.4 is 5.32 Å². The van der Waals surface area contributed by atoms with Crippen molar-refractivity contribution in [3.8, 4) is 0 Å². The molecule has 0 heterocycles. The Morgan fingerprint density at radius 2 is 2.06 bits per heavy atom. The normalized spacial score (nSPS) is 18.7. The van der Waals surface area contributed by atoms with Crippen LogP contribution in [0.2, 0.25) is 10.0 Å². The fourth-order valence-electron chi connectivity index (χ4n) is 2.29. The second-order valence-electron chi connectivity index (χ2n) is 5.34. The van der Waals surface area contributed by atoms with Crippen LogP contribution in [0.5, 0.6) is 0 Å². The minimum Gasteiger partial charge on any atom is -0.313 e. The van der Waals surface area contributed by atoms with Crippen molar-refractivity contribution in [2.24, 2.45) is 5.92 Å². The van der Waals surface area contributed by atoms with Crippen molar-refractivity contribution in [2.75, 3.05) is 6.54 Å². The first kappa shape index (κ1) is 14.2. The van der Waals surface area contributed by atoms with Crippen LogP contribution in [-0.4, -0.2) is 12.6 Å². The monoisotopic (exact) mass is 285 g/mol. The summed E-state index contributed by atoms with van der Waals surface area (Å²) in [6.07, 6.45) is 3.80. The Hall–Kier alpha value is -0.240. The van der Waals surface area contributed by atoms with Gasteiger partial charge in [0.25, 0.3) is 0 Å². The predicted octanol–water partition coefficient (Wildman–Crippen LogP) is 4.88. The molecule has 0 amide bonds. The molecule has 0 spiro atoms. The number of rotatable bonds is 6. The second kappa shape index (κ2) is 6.27. The Morgan fingerprint density at radius 1 is 1.33 bits per heavy atom. The predicted molar refractivity (Wildman–Crippen MR) is 79.7 cm³/mol. The molecule has 1 nitrogen and oxygen atoms in total. The van der Waals surface area contributed by atoms with Crippen LogP contribution in [0.1, 0.15) is 44.6 Å². The molecule has 1 fully saturated rings. The highest BCUT2D eigenvalue weighted by atomic mass is 35.5. The van der Waals surface area contributed by atoms with E-state index in [4.69, 9.17) is 23.2 Å². The highest BCUT2D eigenvalue weighted by Gasteiger charge is 2.25. The van der Waals surface area contributed by atoms with E-state index in [9.17, 15) is 0 Å². The Bertz CT molecular complexity index is 401. The van der Waals surface area contributed by atoms with Crippen LogP contribution in [0.15, 0.2) is 18.2 Å². The SMILES string of the molecule is CCC(C)C(CNC1CC1)c1ccc(Cl)cc1Cl. The zero-order valence-electron chi connectivity index (χ0n) is 11.0. The van der Waals surface area contributed by atoms with Crippen molar-refractivity contribution in [2.45, 2.75) is 45.1 Å². The molecule has 0 radical (unpaired) electrons. The first-order valence-corrected chi connectivity index (χ1v) is 7.55. The molecular formula is C15H21Cl2N. The molecule has 100 valence electrons. The molecule has 18 heavy (non-hydrogen) atoms. The molecule has 0 aliphatic heterocycles. The highest BCUT2D eigenvalue weighted by molar-refractivity contribution is 6.35. The molecule has 0 bridgehead atoms. The fourth-order valence-corrected chi connectivity index (χ4v) is 2.83. The number of hydrogen-bond acceptors (Lipinski definition) is 1. The zero-order chi connectivity index (χ0) is 13.1. The van der Waals surface area contributed by atoms with Crippen molar-refractivity contribution in [1.29, 1.82) is 0 Å². The summed E-state index contributed by atoms with van der Waals surface area (Å²) in [4.78, 5) is 0. The largest absolute Gasteiger partial charge is 0.313 e. The maximum Gasteiger partial charge on any atom is 0.0456 e. The lowest BCUT2D eigenvalue weighted by molar-refractivity contribution is 0.420. The molecule has 1 saturated carbocycles. The fraction of sp³-hybridized carbons (Fsp3) is 0.600. The van der Waals surface area contributed by atoms with Crippen molar-refractivity contribution in [1.82, 2.24) is 5.32 Å². The van der Waals surface area contributed by atoms with Crippen LogP contribution in [0.3, 0.4) is 0 Å².